The van der Waals surface area contributed by atoms with Gasteiger partial charge in [0.2, 0.25) is 5.95 Å². The highest BCUT2D eigenvalue weighted by atomic mass is 19.1. The summed E-state index contributed by atoms with van der Waals surface area (Å²) in [6.07, 6.45) is 0. The van der Waals surface area contributed by atoms with Crippen LogP contribution in [0.3, 0.4) is 0 Å². The molecule has 262 valence electrons. The van der Waals surface area contributed by atoms with Crippen LogP contribution in [0.15, 0.2) is 158 Å². The summed E-state index contributed by atoms with van der Waals surface area (Å²) in [5, 5.41) is 3.95. The Morgan fingerprint density at radius 2 is 0.945 bits per heavy atom. The van der Waals surface area contributed by atoms with E-state index in [0.29, 0.717) is 5.56 Å². The van der Waals surface area contributed by atoms with Crippen LogP contribution in [0.25, 0.3) is 66.6 Å². The SMILES string of the molecule is Fc1ccc(B(c2nc(-c3ccccc3)nc(-n3c4ccccc4c4ccc5c6ccccc6n(-c6ccccc6)c5c43)n2)c2ccc(F)cc2F)c(F)c1. The maximum atomic E-state index is 15.9. The lowest BCUT2D eigenvalue weighted by Gasteiger charge is -2.18. The molecule has 0 fully saturated rings. The number of rotatable bonds is 6. The molecule has 10 heteroatoms. The van der Waals surface area contributed by atoms with Gasteiger partial charge in [0.15, 0.2) is 5.82 Å². The molecule has 0 aliphatic heterocycles. The van der Waals surface area contributed by atoms with Gasteiger partial charge < -0.3 is 4.57 Å². The molecule has 0 saturated heterocycles. The normalized spacial score (nSPS) is 11.6. The molecule has 0 bridgehead atoms. The predicted octanol–water partition coefficient (Wildman–Crippen LogP) is 8.81. The van der Waals surface area contributed by atoms with Crippen LogP contribution in [0.4, 0.5) is 17.6 Å². The van der Waals surface area contributed by atoms with Gasteiger partial charge in [0.05, 0.1) is 22.1 Å². The van der Waals surface area contributed by atoms with Crippen molar-refractivity contribution in [3.8, 4) is 23.0 Å². The van der Waals surface area contributed by atoms with Crippen molar-refractivity contribution < 1.29 is 17.6 Å². The lowest BCUT2D eigenvalue weighted by atomic mass is 9.39. The van der Waals surface area contributed by atoms with Crippen molar-refractivity contribution in [3.05, 3.63) is 181 Å². The molecule has 0 amide bonds. The Kier molecular flexibility index (Phi) is 7.59. The minimum Gasteiger partial charge on any atom is -0.307 e. The first-order chi connectivity index (χ1) is 26.9. The minimum absolute atomic E-state index is 0.0124. The topological polar surface area (TPSA) is 48.5 Å². The average molecular weight is 724 g/mol. The summed E-state index contributed by atoms with van der Waals surface area (Å²) in [6.45, 7) is -1.31. The second-order valence-electron chi connectivity index (χ2n) is 13.3. The van der Waals surface area contributed by atoms with E-state index in [-0.39, 0.29) is 28.4 Å². The van der Waals surface area contributed by atoms with E-state index in [1.54, 1.807) is 0 Å². The highest BCUT2D eigenvalue weighted by Gasteiger charge is 2.33. The summed E-state index contributed by atoms with van der Waals surface area (Å²) < 4.78 is 64.6. The molecule has 55 heavy (non-hydrogen) atoms. The first-order valence-electron chi connectivity index (χ1n) is 17.7. The van der Waals surface area contributed by atoms with E-state index in [4.69, 9.17) is 15.0 Å². The summed E-state index contributed by atoms with van der Waals surface area (Å²) in [7, 11) is 0. The molecule has 3 aromatic heterocycles. The Morgan fingerprint density at radius 1 is 0.436 bits per heavy atom. The van der Waals surface area contributed by atoms with Gasteiger partial charge in [0.1, 0.15) is 29.0 Å². The van der Waals surface area contributed by atoms with Crippen molar-refractivity contribution in [1.29, 1.82) is 0 Å². The second-order valence-corrected chi connectivity index (χ2v) is 13.3. The fourth-order valence-electron chi connectivity index (χ4n) is 7.80. The van der Waals surface area contributed by atoms with Gasteiger partial charge in [0, 0.05) is 44.9 Å². The molecule has 0 unspecified atom stereocenters. The van der Waals surface area contributed by atoms with Gasteiger partial charge >= 0.3 is 0 Å². The minimum atomic E-state index is -1.31. The third kappa shape index (κ3) is 5.28. The highest BCUT2D eigenvalue weighted by Crippen LogP contribution is 2.41. The lowest BCUT2D eigenvalue weighted by Crippen LogP contribution is -2.57. The van der Waals surface area contributed by atoms with Crippen molar-refractivity contribution in [2.75, 3.05) is 0 Å². The molecule has 10 rings (SSSR count). The summed E-state index contributed by atoms with van der Waals surface area (Å²) in [6, 6.07) is 45.9. The van der Waals surface area contributed by atoms with E-state index >= 15 is 8.78 Å². The largest absolute Gasteiger partial charge is 0.307 e. The van der Waals surface area contributed by atoms with Gasteiger partial charge in [-0.2, -0.15) is 4.98 Å². The number of halogens is 4. The molecule has 0 saturated carbocycles. The Bertz CT molecular complexity index is 3060. The average Bonchev–Trinajstić information content (AvgIpc) is 3.73. The third-order valence-corrected chi connectivity index (χ3v) is 10.2. The monoisotopic (exact) mass is 723 g/mol. The fourth-order valence-corrected chi connectivity index (χ4v) is 7.80. The van der Waals surface area contributed by atoms with Crippen LogP contribution in [0.1, 0.15) is 0 Å². The number of nitrogens with zero attached hydrogens (tertiary/aromatic N) is 5. The summed E-state index contributed by atoms with van der Waals surface area (Å²) in [5.41, 5.74) is 4.93. The van der Waals surface area contributed by atoms with Crippen molar-refractivity contribution in [3.63, 3.8) is 0 Å². The Hall–Kier alpha value is -7.07. The number of hydrogen-bond donors (Lipinski definition) is 0. The Balaban J connectivity index is 1.37. The maximum Gasteiger partial charge on any atom is 0.296 e. The van der Waals surface area contributed by atoms with Gasteiger partial charge in [-0.1, -0.05) is 109 Å². The number of aromatic nitrogens is 5. The van der Waals surface area contributed by atoms with Crippen LogP contribution in [-0.2, 0) is 0 Å². The van der Waals surface area contributed by atoms with E-state index in [2.05, 4.69) is 41.0 Å². The van der Waals surface area contributed by atoms with Crippen LogP contribution < -0.4 is 16.6 Å². The van der Waals surface area contributed by atoms with Crippen LogP contribution in [0.5, 0.6) is 0 Å². The highest BCUT2D eigenvalue weighted by molar-refractivity contribution is 6.94. The van der Waals surface area contributed by atoms with E-state index < -0.39 is 30.0 Å². The Labute approximate surface area is 311 Å². The molecular weight excluding hydrogens is 697 g/mol. The standard InChI is InChI=1S/C45H26BF4N5/c47-28-19-23-35(37(49)25-28)46(36-24-20-29(48)26-38(36)50)44-51-43(27-11-3-1-4-12-27)52-45(53-44)55-40-18-10-8-16-32(40)34-22-21-33-31-15-7-9-17-39(31)54(41(33)42(34)55)30-13-5-2-6-14-30/h1-26H. The first kappa shape index (κ1) is 32.6. The molecule has 0 atom stereocenters. The molecule has 0 N–H and O–H groups in total. The molecule has 7 aromatic carbocycles. The molecule has 0 radical (unpaired) electrons. The summed E-state index contributed by atoms with van der Waals surface area (Å²) in [5.74, 6) is -3.02. The quantitative estimate of drug-likeness (QED) is 0.127. The van der Waals surface area contributed by atoms with Gasteiger partial charge in [-0.3, -0.25) is 4.57 Å². The summed E-state index contributed by atoms with van der Waals surface area (Å²) in [4.78, 5) is 15.0. The van der Waals surface area contributed by atoms with Crippen molar-refractivity contribution >= 4 is 67.0 Å². The molecule has 5 nitrogen and oxygen atoms in total. The molecule has 0 aliphatic carbocycles. The second kappa shape index (κ2) is 12.8. The van der Waals surface area contributed by atoms with Crippen LogP contribution in [0, 0.1) is 23.3 Å². The van der Waals surface area contributed by atoms with Gasteiger partial charge in [-0.25, -0.2) is 27.5 Å². The lowest BCUT2D eigenvalue weighted by molar-refractivity contribution is 0.587. The Morgan fingerprint density at radius 3 is 1.53 bits per heavy atom. The molecule has 10 aromatic rings. The molecule has 0 aliphatic rings. The van der Waals surface area contributed by atoms with Crippen LogP contribution in [-0.4, -0.2) is 30.8 Å². The smallest absolute Gasteiger partial charge is 0.296 e. The molecular formula is C45H26BF4N5. The van der Waals surface area contributed by atoms with Crippen LogP contribution in [0.2, 0.25) is 0 Å². The van der Waals surface area contributed by atoms with E-state index in [1.807, 2.05) is 89.5 Å². The van der Waals surface area contributed by atoms with E-state index in [1.165, 1.54) is 12.1 Å². The van der Waals surface area contributed by atoms with Gasteiger partial charge in [-0.15, -0.1) is 0 Å². The summed E-state index contributed by atoms with van der Waals surface area (Å²) >= 11 is 0. The predicted molar refractivity (Wildman–Crippen MR) is 211 cm³/mol. The number of para-hydroxylation sites is 3. The van der Waals surface area contributed by atoms with Gasteiger partial charge in [-0.05, 0) is 47.3 Å². The van der Waals surface area contributed by atoms with Crippen molar-refractivity contribution in [1.82, 2.24) is 24.1 Å². The zero-order chi connectivity index (χ0) is 37.2. The number of hydrogen-bond acceptors (Lipinski definition) is 3. The molecule has 0 spiro atoms. The zero-order valence-electron chi connectivity index (χ0n) is 28.8. The van der Waals surface area contributed by atoms with Crippen molar-refractivity contribution in [2.24, 2.45) is 0 Å². The number of benzene rings is 7. The van der Waals surface area contributed by atoms with Crippen LogP contribution >= 0.6 is 0 Å². The molecule has 3 heterocycles. The zero-order valence-corrected chi connectivity index (χ0v) is 28.8. The van der Waals surface area contributed by atoms with E-state index in [0.717, 1.165) is 73.6 Å². The number of fused-ring (bicyclic) bond motifs is 7. The van der Waals surface area contributed by atoms with Gasteiger partial charge in [0.25, 0.3) is 6.71 Å². The maximum absolute atomic E-state index is 15.9. The van der Waals surface area contributed by atoms with E-state index in [9.17, 15) is 8.78 Å². The first-order valence-corrected chi connectivity index (χ1v) is 17.7. The fraction of sp³-hybridized carbons (Fsp3) is 0. The van der Waals surface area contributed by atoms with Crippen molar-refractivity contribution in [2.45, 2.75) is 0 Å². The third-order valence-electron chi connectivity index (χ3n) is 10.2.